The van der Waals surface area contributed by atoms with Gasteiger partial charge in [0.15, 0.2) is 0 Å². The van der Waals surface area contributed by atoms with Crippen LogP contribution in [-0.4, -0.2) is 57.1 Å². The molecule has 5 fully saturated rings. The average Bonchev–Trinajstić information content (AvgIpc) is 3.18. The van der Waals surface area contributed by atoms with E-state index in [0.717, 1.165) is 55.0 Å². The molecule has 3 heterocycles. The first-order chi connectivity index (χ1) is 13.8. The molecule has 4 aliphatic carbocycles. The Morgan fingerprint density at radius 1 is 0.929 bits per heavy atom. The highest BCUT2D eigenvalue weighted by molar-refractivity contribution is 5.46. The fourth-order valence-corrected chi connectivity index (χ4v) is 6.82. The minimum atomic E-state index is 0.586. The molecule has 0 radical (unpaired) electrons. The summed E-state index contributed by atoms with van der Waals surface area (Å²) in [6.07, 6.45) is 9.34. The molecule has 1 aliphatic heterocycles. The van der Waals surface area contributed by atoms with Crippen LogP contribution in [0.4, 0.5) is 0 Å². The molecule has 4 bridgehead atoms. The Bertz CT molecular complexity index is 785. The van der Waals surface area contributed by atoms with Gasteiger partial charge in [-0.1, -0.05) is 11.2 Å². The molecule has 7 rings (SSSR count). The Balaban J connectivity index is 1.06. The third-order valence-corrected chi connectivity index (χ3v) is 7.73. The lowest BCUT2D eigenvalue weighted by molar-refractivity contribution is -0.0773. The van der Waals surface area contributed by atoms with Gasteiger partial charge >= 0.3 is 0 Å². The van der Waals surface area contributed by atoms with Crippen molar-refractivity contribution in [1.29, 1.82) is 0 Å². The lowest BCUT2D eigenvalue weighted by Crippen LogP contribution is -2.60. The van der Waals surface area contributed by atoms with E-state index in [2.05, 4.69) is 24.9 Å². The maximum atomic E-state index is 5.49. The lowest BCUT2D eigenvalue weighted by Gasteiger charge is -2.58. The van der Waals surface area contributed by atoms with E-state index in [9.17, 15) is 0 Å². The van der Waals surface area contributed by atoms with Gasteiger partial charge in [-0.05, 0) is 67.9 Å². The number of aromatic nitrogens is 3. The molecule has 28 heavy (non-hydrogen) atoms. The molecule has 0 spiro atoms. The van der Waals surface area contributed by atoms with Crippen molar-refractivity contribution >= 4 is 0 Å². The van der Waals surface area contributed by atoms with Gasteiger partial charge in [0.1, 0.15) is 5.69 Å². The predicted molar refractivity (Wildman–Crippen MR) is 105 cm³/mol. The van der Waals surface area contributed by atoms with E-state index in [1.807, 2.05) is 18.2 Å². The number of rotatable bonds is 4. The Hall–Kier alpha value is -1.79. The summed E-state index contributed by atoms with van der Waals surface area (Å²) < 4.78 is 5.49. The van der Waals surface area contributed by atoms with Crippen LogP contribution in [0.3, 0.4) is 0 Å². The molecular weight excluding hydrogens is 350 g/mol. The highest BCUT2D eigenvalue weighted by atomic mass is 16.5. The molecule has 1 saturated heterocycles. The standard InChI is InChI=1S/C22H29N5O/c1-2-4-23-19(3-1)22-24-20(28-25-22)14-26-5-7-27(8-6-26)21-17-10-15-9-16(12-17)13-18(21)11-15/h1-4,15-18,21H,5-14H2. The normalized spacial score (nSPS) is 35.5. The fourth-order valence-electron chi connectivity index (χ4n) is 6.82. The van der Waals surface area contributed by atoms with Gasteiger partial charge in [-0.15, -0.1) is 0 Å². The van der Waals surface area contributed by atoms with Gasteiger partial charge in [-0.25, -0.2) is 0 Å². The van der Waals surface area contributed by atoms with Crippen LogP contribution in [0.2, 0.25) is 0 Å². The van der Waals surface area contributed by atoms with E-state index >= 15 is 0 Å². The molecule has 0 amide bonds. The van der Waals surface area contributed by atoms with Crippen molar-refractivity contribution < 1.29 is 4.52 Å². The zero-order valence-electron chi connectivity index (χ0n) is 16.4. The fraction of sp³-hybridized carbons (Fsp3) is 0.682. The second kappa shape index (κ2) is 6.92. The lowest BCUT2D eigenvalue weighted by atomic mass is 9.54. The Morgan fingerprint density at radius 3 is 2.36 bits per heavy atom. The summed E-state index contributed by atoms with van der Waals surface area (Å²) in [6, 6.07) is 6.63. The van der Waals surface area contributed by atoms with Crippen molar-refractivity contribution in [2.45, 2.75) is 44.7 Å². The summed E-state index contributed by atoms with van der Waals surface area (Å²) >= 11 is 0. The molecule has 0 unspecified atom stereocenters. The predicted octanol–water partition coefficient (Wildman–Crippen LogP) is 3.07. The molecule has 2 aromatic heterocycles. The second-order valence-electron chi connectivity index (χ2n) is 9.46. The van der Waals surface area contributed by atoms with Crippen LogP contribution in [0.15, 0.2) is 28.9 Å². The van der Waals surface area contributed by atoms with Gasteiger partial charge < -0.3 is 4.52 Å². The SMILES string of the molecule is c1ccc(-c2noc(CN3CCN(C4C5CC6CC(C5)CC4C6)CC3)n2)nc1. The summed E-state index contributed by atoms with van der Waals surface area (Å²) in [5.41, 5.74) is 0.768. The molecule has 5 aliphatic rings. The summed E-state index contributed by atoms with van der Waals surface area (Å²) in [7, 11) is 0. The largest absolute Gasteiger partial charge is 0.337 e. The first kappa shape index (κ1) is 17.1. The number of piperazine rings is 1. The van der Waals surface area contributed by atoms with Crippen molar-refractivity contribution in [3.63, 3.8) is 0 Å². The van der Waals surface area contributed by atoms with E-state index in [4.69, 9.17) is 4.52 Å². The summed E-state index contributed by atoms with van der Waals surface area (Å²) in [4.78, 5) is 14.1. The van der Waals surface area contributed by atoms with Gasteiger partial charge in [-0.2, -0.15) is 4.98 Å². The summed E-state index contributed by atoms with van der Waals surface area (Å²) in [5.74, 6) is 5.38. The number of hydrogen-bond donors (Lipinski definition) is 0. The topological polar surface area (TPSA) is 58.3 Å². The smallest absolute Gasteiger partial charge is 0.241 e. The Labute approximate surface area is 166 Å². The quantitative estimate of drug-likeness (QED) is 0.814. The zero-order chi connectivity index (χ0) is 18.5. The van der Waals surface area contributed by atoms with Crippen LogP contribution in [0.5, 0.6) is 0 Å². The third kappa shape index (κ3) is 3.07. The minimum absolute atomic E-state index is 0.586. The van der Waals surface area contributed by atoms with E-state index in [1.165, 1.54) is 45.2 Å². The highest BCUT2D eigenvalue weighted by Gasteiger charge is 2.50. The molecule has 148 valence electrons. The number of pyridine rings is 1. The van der Waals surface area contributed by atoms with Crippen LogP contribution in [0.25, 0.3) is 11.5 Å². The van der Waals surface area contributed by atoms with Gasteiger partial charge in [0, 0.05) is 38.4 Å². The maximum absolute atomic E-state index is 5.49. The molecule has 0 N–H and O–H groups in total. The van der Waals surface area contributed by atoms with E-state index in [1.54, 1.807) is 6.20 Å². The number of hydrogen-bond acceptors (Lipinski definition) is 6. The van der Waals surface area contributed by atoms with Crippen molar-refractivity contribution in [1.82, 2.24) is 24.9 Å². The van der Waals surface area contributed by atoms with Gasteiger partial charge in [-0.3, -0.25) is 14.8 Å². The molecule has 6 heteroatoms. The highest BCUT2D eigenvalue weighted by Crippen LogP contribution is 2.55. The van der Waals surface area contributed by atoms with Crippen LogP contribution in [0.1, 0.15) is 38.0 Å². The van der Waals surface area contributed by atoms with Crippen LogP contribution >= 0.6 is 0 Å². The van der Waals surface area contributed by atoms with Gasteiger partial charge in [0.05, 0.1) is 6.54 Å². The maximum Gasteiger partial charge on any atom is 0.241 e. The zero-order valence-corrected chi connectivity index (χ0v) is 16.4. The van der Waals surface area contributed by atoms with E-state index in [-0.39, 0.29) is 0 Å². The Morgan fingerprint density at radius 2 is 1.68 bits per heavy atom. The summed E-state index contributed by atoms with van der Waals surface area (Å²) in [6.45, 7) is 5.33. The molecule has 4 saturated carbocycles. The average molecular weight is 380 g/mol. The molecular formula is C22H29N5O. The molecule has 0 atom stereocenters. The van der Waals surface area contributed by atoms with Crippen molar-refractivity contribution in [2.24, 2.45) is 23.7 Å². The van der Waals surface area contributed by atoms with Crippen LogP contribution < -0.4 is 0 Å². The van der Waals surface area contributed by atoms with Crippen LogP contribution in [0, 0.1) is 23.7 Å². The van der Waals surface area contributed by atoms with Gasteiger partial charge in [0.2, 0.25) is 11.7 Å². The monoisotopic (exact) mass is 379 g/mol. The van der Waals surface area contributed by atoms with Crippen molar-refractivity contribution in [2.75, 3.05) is 26.2 Å². The van der Waals surface area contributed by atoms with E-state index in [0.29, 0.717) is 11.7 Å². The van der Waals surface area contributed by atoms with Crippen LogP contribution in [-0.2, 0) is 6.54 Å². The number of nitrogens with zero attached hydrogens (tertiary/aromatic N) is 5. The van der Waals surface area contributed by atoms with Crippen molar-refractivity contribution in [3.8, 4) is 11.5 Å². The Kier molecular flexibility index (Phi) is 4.23. The first-order valence-electron chi connectivity index (χ1n) is 11.0. The van der Waals surface area contributed by atoms with Crippen molar-refractivity contribution in [3.05, 3.63) is 30.3 Å². The third-order valence-electron chi connectivity index (χ3n) is 7.73. The summed E-state index contributed by atoms with van der Waals surface area (Å²) in [5, 5.41) is 4.10. The first-order valence-corrected chi connectivity index (χ1v) is 11.0. The minimum Gasteiger partial charge on any atom is -0.337 e. The van der Waals surface area contributed by atoms with Gasteiger partial charge in [0.25, 0.3) is 0 Å². The second-order valence-corrected chi connectivity index (χ2v) is 9.46. The van der Waals surface area contributed by atoms with E-state index < -0.39 is 0 Å². The molecule has 2 aromatic rings. The molecule has 0 aromatic carbocycles. The molecule has 6 nitrogen and oxygen atoms in total.